The van der Waals surface area contributed by atoms with Crippen molar-refractivity contribution in [2.24, 2.45) is 0 Å². The van der Waals surface area contributed by atoms with Crippen LogP contribution in [0, 0.1) is 6.92 Å². The van der Waals surface area contributed by atoms with E-state index in [2.05, 4.69) is 5.32 Å². The Balaban J connectivity index is 1.81. The number of hydrogen-bond donors (Lipinski definition) is 1. The van der Waals surface area contributed by atoms with E-state index in [9.17, 15) is 18.0 Å². The maximum atomic E-state index is 14.5. The molecule has 1 N–H and O–H groups in total. The summed E-state index contributed by atoms with van der Waals surface area (Å²) in [6.45, 7) is 3.64. The zero-order chi connectivity index (χ0) is 33.3. The van der Waals surface area contributed by atoms with Gasteiger partial charge in [0.2, 0.25) is 11.8 Å². The first-order chi connectivity index (χ1) is 22.0. The minimum Gasteiger partial charge on any atom is -0.354 e. The number of halogens is 3. The number of hydrogen-bond acceptors (Lipinski definition) is 4. The number of benzene rings is 4. The third-order valence-corrected chi connectivity index (χ3v) is 10.4. The van der Waals surface area contributed by atoms with Crippen molar-refractivity contribution >= 4 is 62.3 Å². The molecule has 11 heteroatoms. The molecular weight excluding hydrogens is 665 g/mol. The van der Waals surface area contributed by atoms with Crippen molar-refractivity contribution in [3.8, 4) is 0 Å². The second-order valence-corrected chi connectivity index (χ2v) is 14.0. The van der Waals surface area contributed by atoms with Crippen molar-refractivity contribution in [2.75, 3.05) is 17.4 Å². The highest BCUT2D eigenvalue weighted by Gasteiger charge is 2.34. The number of nitrogens with zero attached hydrogens (tertiary/aromatic N) is 2. The Morgan fingerprint density at radius 2 is 1.48 bits per heavy atom. The number of nitrogens with one attached hydrogen (secondary N) is 1. The van der Waals surface area contributed by atoms with Gasteiger partial charge in [0.15, 0.2) is 0 Å². The number of amides is 2. The summed E-state index contributed by atoms with van der Waals surface area (Å²) in [7, 11) is -4.23. The van der Waals surface area contributed by atoms with E-state index in [1.807, 2.05) is 37.3 Å². The topological polar surface area (TPSA) is 86.8 Å². The lowest BCUT2D eigenvalue weighted by Crippen LogP contribution is -2.53. The molecule has 0 saturated carbocycles. The average molecular weight is 701 g/mol. The predicted molar refractivity (Wildman–Crippen MR) is 186 cm³/mol. The predicted octanol–water partition coefficient (Wildman–Crippen LogP) is 7.71. The van der Waals surface area contributed by atoms with Gasteiger partial charge in [-0.2, -0.15) is 0 Å². The van der Waals surface area contributed by atoms with Gasteiger partial charge in [0.25, 0.3) is 10.0 Å². The first-order valence-corrected chi connectivity index (χ1v) is 17.5. The van der Waals surface area contributed by atoms with E-state index >= 15 is 0 Å². The molecule has 0 heterocycles. The maximum Gasteiger partial charge on any atom is 0.264 e. The normalized spacial score (nSPS) is 11.9. The fraction of sp³-hybridized carbons (Fsp3) is 0.257. The second kappa shape index (κ2) is 16.3. The van der Waals surface area contributed by atoms with Crippen molar-refractivity contribution in [1.29, 1.82) is 0 Å². The van der Waals surface area contributed by atoms with Crippen LogP contribution in [0.4, 0.5) is 5.69 Å². The molecular formula is C35H36Cl3N3O4S. The highest BCUT2D eigenvalue weighted by molar-refractivity contribution is 7.92. The number of rotatable bonds is 14. The molecule has 242 valence electrons. The van der Waals surface area contributed by atoms with Gasteiger partial charge in [-0.15, -0.1) is 0 Å². The molecule has 0 aliphatic heterocycles. The lowest BCUT2D eigenvalue weighted by Gasteiger charge is -2.34. The Kier molecular flexibility index (Phi) is 12.5. The Bertz CT molecular complexity index is 1760. The molecule has 0 aliphatic rings. The minimum atomic E-state index is -4.23. The molecule has 4 aromatic rings. The molecule has 4 rings (SSSR count). The van der Waals surface area contributed by atoms with E-state index < -0.39 is 28.5 Å². The van der Waals surface area contributed by atoms with Gasteiger partial charge in [-0.05, 0) is 66.4 Å². The van der Waals surface area contributed by atoms with Crippen LogP contribution < -0.4 is 9.62 Å². The summed E-state index contributed by atoms with van der Waals surface area (Å²) >= 11 is 19.0. The van der Waals surface area contributed by atoms with Crippen LogP contribution in [0.2, 0.25) is 15.1 Å². The fourth-order valence-electron chi connectivity index (χ4n) is 4.88. The quantitative estimate of drug-likeness (QED) is 0.137. The highest BCUT2D eigenvalue weighted by Crippen LogP contribution is 2.29. The smallest absolute Gasteiger partial charge is 0.264 e. The van der Waals surface area contributed by atoms with Crippen LogP contribution in [-0.2, 0) is 32.6 Å². The van der Waals surface area contributed by atoms with Gasteiger partial charge in [0.1, 0.15) is 12.6 Å². The molecule has 1 unspecified atom stereocenters. The van der Waals surface area contributed by atoms with E-state index in [0.717, 1.165) is 28.3 Å². The van der Waals surface area contributed by atoms with E-state index in [4.69, 9.17) is 34.8 Å². The average Bonchev–Trinajstić information content (AvgIpc) is 3.05. The van der Waals surface area contributed by atoms with Crippen molar-refractivity contribution < 1.29 is 18.0 Å². The molecule has 4 aromatic carbocycles. The molecule has 0 radical (unpaired) electrons. The molecule has 2 amide bonds. The molecule has 7 nitrogen and oxygen atoms in total. The molecule has 0 bridgehead atoms. The number of aryl methyl sites for hydroxylation is 1. The Hall–Kier alpha value is -3.56. The molecule has 0 aliphatic carbocycles. The van der Waals surface area contributed by atoms with E-state index in [-0.39, 0.29) is 29.5 Å². The lowest BCUT2D eigenvalue weighted by atomic mass is 10.0. The number of carbonyl (C=O) groups is 2. The van der Waals surface area contributed by atoms with Crippen LogP contribution in [0.5, 0.6) is 0 Å². The van der Waals surface area contributed by atoms with Crippen LogP contribution >= 0.6 is 34.8 Å². The largest absolute Gasteiger partial charge is 0.354 e. The molecule has 0 aromatic heterocycles. The summed E-state index contributed by atoms with van der Waals surface area (Å²) in [5.74, 6) is -0.935. The van der Waals surface area contributed by atoms with Gasteiger partial charge in [0, 0.05) is 24.5 Å². The first-order valence-electron chi connectivity index (χ1n) is 14.9. The van der Waals surface area contributed by atoms with Crippen molar-refractivity contribution in [1.82, 2.24) is 10.2 Å². The van der Waals surface area contributed by atoms with Crippen LogP contribution in [0.15, 0.2) is 102 Å². The molecule has 0 saturated heterocycles. The third-order valence-electron chi connectivity index (χ3n) is 7.49. The summed E-state index contributed by atoms with van der Waals surface area (Å²) in [6.07, 6.45) is 1.84. The van der Waals surface area contributed by atoms with E-state index in [1.54, 1.807) is 55.5 Å². The van der Waals surface area contributed by atoms with E-state index in [0.29, 0.717) is 27.2 Å². The van der Waals surface area contributed by atoms with Crippen molar-refractivity contribution in [3.63, 3.8) is 0 Å². The molecule has 0 fully saturated rings. The SMILES string of the molecule is CCCCNC(=O)C(Cc1ccccc1)N(Cc1ccc(Cl)c(Cl)c1)C(=O)CN(c1ccc(C)c(Cl)c1)S(=O)(=O)c1ccccc1. The number of sulfonamides is 1. The standard InChI is InChI=1S/C35H36Cl3N3O4S/c1-3-4-19-39-35(43)33(21-26-11-7-5-8-12-26)40(23-27-16-18-30(36)32(38)20-27)34(42)24-41(28-17-15-25(2)31(37)22-28)46(44,45)29-13-9-6-10-14-29/h5-18,20,22,33H,3-4,19,21,23-24H2,1-2H3,(H,39,43). The zero-order valence-electron chi connectivity index (χ0n) is 25.6. The summed E-state index contributed by atoms with van der Waals surface area (Å²) in [6, 6.07) is 26.1. The van der Waals surface area contributed by atoms with Crippen molar-refractivity contribution in [2.45, 2.75) is 50.6 Å². The Morgan fingerprint density at radius 3 is 2.11 bits per heavy atom. The van der Waals surface area contributed by atoms with Crippen molar-refractivity contribution in [3.05, 3.63) is 129 Å². The van der Waals surface area contributed by atoms with Gasteiger partial charge in [-0.25, -0.2) is 8.42 Å². The van der Waals surface area contributed by atoms with Crippen LogP contribution in [-0.4, -0.2) is 44.3 Å². The molecule has 1 atom stereocenters. The van der Waals surface area contributed by atoms with Gasteiger partial charge < -0.3 is 10.2 Å². The monoisotopic (exact) mass is 699 g/mol. The minimum absolute atomic E-state index is 0.00803. The Labute approximate surface area is 286 Å². The maximum absolute atomic E-state index is 14.5. The Morgan fingerprint density at radius 1 is 0.804 bits per heavy atom. The van der Waals surface area contributed by atoms with Crippen LogP contribution in [0.1, 0.15) is 36.5 Å². The molecule has 0 spiro atoms. The highest BCUT2D eigenvalue weighted by atomic mass is 35.5. The lowest BCUT2D eigenvalue weighted by molar-refractivity contribution is -0.140. The second-order valence-electron chi connectivity index (χ2n) is 10.9. The zero-order valence-corrected chi connectivity index (χ0v) is 28.7. The van der Waals surface area contributed by atoms with Crippen LogP contribution in [0.25, 0.3) is 0 Å². The third kappa shape index (κ3) is 9.04. The summed E-state index contributed by atoms with van der Waals surface area (Å²) in [5, 5.41) is 3.96. The van der Waals surface area contributed by atoms with E-state index in [1.165, 1.54) is 23.1 Å². The van der Waals surface area contributed by atoms with Gasteiger partial charge in [-0.1, -0.05) is 109 Å². The van der Waals surface area contributed by atoms with Gasteiger partial charge in [0.05, 0.1) is 20.6 Å². The van der Waals surface area contributed by atoms with Gasteiger partial charge in [-0.3, -0.25) is 13.9 Å². The number of carbonyl (C=O) groups excluding carboxylic acids is 2. The van der Waals surface area contributed by atoms with Gasteiger partial charge >= 0.3 is 0 Å². The fourth-order valence-corrected chi connectivity index (χ4v) is 6.80. The molecule has 46 heavy (non-hydrogen) atoms. The van der Waals surface area contributed by atoms with Crippen LogP contribution in [0.3, 0.4) is 0 Å². The summed E-state index contributed by atoms with van der Waals surface area (Å²) in [5.41, 5.74) is 2.43. The summed E-state index contributed by atoms with van der Waals surface area (Å²) in [4.78, 5) is 29.8. The number of unbranched alkanes of at least 4 members (excludes halogenated alkanes) is 1. The number of anilines is 1. The first kappa shape index (κ1) is 35.3. The summed E-state index contributed by atoms with van der Waals surface area (Å²) < 4.78 is 29.2.